The lowest BCUT2D eigenvalue weighted by Gasteiger charge is -2.27. The SMILES string of the molecule is CCC(NCCN1CCOCC1)c1ccc(F)cc1. The minimum Gasteiger partial charge on any atom is -0.379 e. The second-order valence-electron chi connectivity index (χ2n) is 4.92. The molecule has 0 saturated carbocycles. The highest BCUT2D eigenvalue weighted by atomic mass is 19.1. The monoisotopic (exact) mass is 266 g/mol. The number of morpholine rings is 1. The van der Waals surface area contributed by atoms with Crippen LogP contribution in [0.4, 0.5) is 4.39 Å². The van der Waals surface area contributed by atoms with Gasteiger partial charge < -0.3 is 10.1 Å². The molecule has 4 heteroatoms. The Morgan fingerprint density at radius 3 is 2.58 bits per heavy atom. The van der Waals surface area contributed by atoms with Gasteiger partial charge in [-0.2, -0.15) is 0 Å². The first-order valence-corrected chi connectivity index (χ1v) is 7.08. The van der Waals surface area contributed by atoms with E-state index < -0.39 is 0 Å². The molecule has 1 unspecified atom stereocenters. The van der Waals surface area contributed by atoms with Gasteiger partial charge in [-0.25, -0.2) is 4.39 Å². The number of hydrogen-bond acceptors (Lipinski definition) is 3. The van der Waals surface area contributed by atoms with Gasteiger partial charge in [0.25, 0.3) is 0 Å². The first-order chi connectivity index (χ1) is 9.29. The number of nitrogens with one attached hydrogen (secondary N) is 1. The Morgan fingerprint density at radius 2 is 1.95 bits per heavy atom. The smallest absolute Gasteiger partial charge is 0.123 e. The predicted octanol–water partition coefficient (Wildman–Crippen LogP) is 2.20. The van der Waals surface area contributed by atoms with Gasteiger partial charge in [-0.1, -0.05) is 19.1 Å². The Hall–Kier alpha value is -0.970. The van der Waals surface area contributed by atoms with Gasteiger partial charge in [0.2, 0.25) is 0 Å². The zero-order valence-electron chi connectivity index (χ0n) is 11.6. The van der Waals surface area contributed by atoms with E-state index in [2.05, 4.69) is 17.1 Å². The summed E-state index contributed by atoms with van der Waals surface area (Å²) in [7, 11) is 0. The highest BCUT2D eigenvalue weighted by Gasteiger charge is 2.12. The summed E-state index contributed by atoms with van der Waals surface area (Å²) in [6.45, 7) is 7.88. The molecule has 0 aromatic heterocycles. The molecule has 1 heterocycles. The van der Waals surface area contributed by atoms with E-state index in [4.69, 9.17) is 4.74 Å². The largest absolute Gasteiger partial charge is 0.379 e. The molecule has 1 N–H and O–H groups in total. The van der Waals surface area contributed by atoms with Crippen LogP contribution in [-0.4, -0.2) is 44.3 Å². The Bertz CT molecular complexity index is 363. The Kier molecular flexibility index (Phi) is 5.76. The van der Waals surface area contributed by atoms with E-state index in [0.29, 0.717) is 6.04 Å². The van der Waals surface area contributed by atoms with Crippen LogP contribution in [0.3, 0.4) is 0 Å². The van der Waals surface area contributed by atoms with Crippen molar-refractivity contribution in [3.63, 3.8) is 0 Å². The highest BCUT2D eigenvalue weighted by molar-refractivity contribution is 5.19. The lowest BCUT2D eigenvalue weighted by Crippen LogP contribution is -2.40. The van der Waals surface area contributed by atoms with Crippen molar-refractivity contribution < 1.29 is 9.13 Å². The van der Waals surface area contributed by atoms with Crippen molar-refractivity contribution in [3.8, 4) is 0 Å². The first kappa shape index (κ1) is 14.4. The average molecular weight is 266 g/mol. The van der Waals surface area contributed by atoms with Crippen LogP contribution < -0.4 is 5.32 Å². The molecule has 19 heavy (non-hydrogen) atoms. The van der Waals surface area contributed by atoms with Gasteiger partial charge in [-0.05, 0) is 24.1 Å². The summed E-state index contributed by atoms with van der Waals surface area (Å²) in [5.41, 5.74) is 1.16. The third-order valence-electron chi connectivity index (χ3n) is 3.60. The van der Waals surface area contributed by atoms with Crippen LogP contribution in [0.25, 0.3) is 0 Å². The van der Waals surface area contributed by atoms with Crippen LogP contribution in [0.2, 0.25) is 0 Å². The summed E-state index contributed by atoms with van der Waals surface area (Å²) >= 11 is 0. The molecule has 0 spiro atoms. The van der Waals surface area contributed by atoms with Crippen LogP contribution in [-0.2, 0) is 4.74 Å². The van der Waals surface area contributed by atoms with Crippen molar-refractivity contribution >= 4 is 0 Å². The van der Waals surface area contributed by atoms with Crippen molar-refractivity contribution in [2.75, 3.05) is 39.4 Å². The molecule has 1 atom stereocenters. The van der Waals surface area contributed by atoms with E-state index in [1.807, 2.05) is 12.1 Å². The lowest BCUT2D eigenvalue weighted by molar-refractivity contribution is 0.0381. The summed E-state index contributed by atoms with van der Waals surface area (Å²) in [4.78, 5) is 2.41. The summed E-state index contributed by atoms with van der Waals surface area (Å²) in [6.07, 6.45) is 1.01. The van der Waals surface area contributed by atoms with E-state index in [1.165, 1.54) is 12.1 Å². The molecule has 0 radical (unpaired) electrons. The van der Waals surface area contributed by atoms with Gasteiger partial charge in [0.15, 0.2) is 0 Å². The quantitative estimate of drug-likeness (QED) is 0.854. The number of benzene rings is 1. The van der Waals surface area contributed by atoms with Gasteiger partial charge in [-0.3, -0.25) is 4.90 Å². The number of nitrogens with zero attached hydrogens (tertiary/aromatic N) is 1. The Balaban J connectivity index is 1.77. The summed E-state index contributed by atoms with van der Waals surface area (Å²) in [5.74, 6) is -0.174. The van der Waals surface area contributed by atoms with Crippen molar-refractivity contribution in [2.45, 2.75) is 19.4 Å². The molecule has 1 aliphatic heterocycles. The maximum atomic E-state index is 12.9. The van der Waals surface area contributed by atoms with Crippen molar-refractivity contribution in [3.05, 3.63) is 35.6 Å². The maximum Gasteiger partial charge on any atom is 0.123 e. The summed E-state index contributed by atoms with van der Waals surface area (Å²) in [5, 5.41) is 3.55. The molecule has 1 saturated heterocycles. The van der Waals surface area contributed by atoms with Crippen molar-refractivity contribution in [1.82, 2.24) is 10.2 Å². The van der Waals surface area contributed by atoms with E-state index in [-0.39, 0.29) is 5.82 Å². The maximum absolute atomic E-state index is 12.9. The first-order valence-electron chi connectivity index (χ1n) is 7.08. The molecule has 1 aliphatic rings. The van der Waals surface area contributed by atoms with Gasteiger partial charge in [0.05, 0.1) is 13.2 Å². The topological polar surface area (TPSA) is 24.5 Å². The lowest BCUT2D eigenvalue weighted by atomic mass is 10.0. The van der Waals surface area contributed by atoms with Gasteiger partial charge in [-0.15, -0.1) is 0 Å². The number of halogens is 1. The van der Waals surface area contributed by atoms with Gasteiger partial charge >= 0.3 is 0 Å². The van der Waals surface area contributed by atoms with E-state index in [0.717, 1.165) is 51.4 Å². The number of rotatable bonds is 6. The zero-order valence-corrected chi connectivity index (χ0v) is 11.6. The molecule has 1 aromatic rings. The van der Waals surface area contributed by atoms with Crippen molar-refractivity contribution in [2.24, 2.45) is 0 Å². The van der Waals surface area contributed by atoms with Crippen LogP contribution in [0.1, 0.15) is 24.9 Å². The van der Waals surface area contributed by atoms with E-state index in [9.17, 15) is 4.39 Å². The molecule has 0 amide bonds. The fourth-order valence-electron chi connectivity index (χ4n) is 2.41. The van der Waals surface area contributed by atoms with Gasteiger partial charge in [0.1, 0.15) is 5.82 Å². The van der Waals surface area contributed by atoms with E-state index >= 15 is 0 Å². The van der Waals surface area contributed by atoms with Crippen LogP contribution in [0.15, 0.2) is 24.3 Å². The zero-order chi connectivity index (χ0) is 13.5. The molecule has 0 aliphatic carbocycles. The molecule has 0 bridgehead atoms. The minimum absolute atomic E-state index is 0.174. The van der Waals surface area contributed by atoms with Crippen LogP contribution >= 0.6 is 0 Å². The predicted molar refractivity (Wildman–Crippen MR) is 74.7 cm³/mol. The third-order valence-corrected chi connectivity index (χ3v) is 3.60. The van der Waals surface area contributed by atoms with E-state index in [1.54, 1.807) is 0 Å². The normalized spacial score (nSPS) is 18.4. The fraction of sp³-hybridized carbons (Fsp3) is 0.600. The van der Waals surface area contributed by atoms with Crippen molar-refractivity contribution in [1.29, 1.82) is 0 Å². The molecular weight excluding hydrogens is 243 g/mol. The molecule has 1 fully saturated rings. The second kappa shape index (κ2) is 7.58. The number of hydrogen-bond donors (Lipinski definition) is 1. The van der Waals surface area contributed by atoms with Crippen LogP contribution in [0.5, 0.6) is 0 Å². The summed E-state index contributed by atoms with van der Waals surface area (Å²) < 4.78 is 18.2. The molecule has 106 valence electrons. The molecule has 2 rings (SSSR count). The van der Waals surface area contributed by atoms with Gasteiger partial charge in [0, 0.05) is 32.2 Å². The second-order valence-corrected chi connectivity index (χ2v) is 4.92. The Morgan fingerprint density at radius 1 is 1.26 bits per heavy atom. The average Bonchev–Trinajstić information content (AvgIpc) is 2.46. The number of ether oxygens (including phenoxy) is 1. The molecule has 1 aromatic carbocycles. The highest BCUT2D eigenvalue weighted by Crippen LogP contribution is 2.16. The van der Waals surface area contributed by atoms with Crippen LogP contribution in [0, 0.1) is 5.82 Å². The summed E-state index contributed by atoms with van der Waals surface area (Å²) in [6, 6.07) is 7.10. The minimum atomic E-state index is -0.174. The fourth-order valence-corrected chi connectivity index (χ4v) is 2.41. The Labute approximate surface area is 114 Å². The molecule has 3 nitrogen and oxygen atoms in total. The molecular formula is C15H23FN2O. The third kappa shape index (κ3) is 4.56. The standard InChI is InChI=1S/C15H23FN2O/c1-2-15(13-3-5-14(16)6-4-13)17-7-8-18-9-11-19-12-10-18/h3-6,15,17H,2,7-12H2,1H3.